The number of H-pyrrole nitrogens is 1. The molecule has 2 heterocycles. The standard InChI is InChI=1S/C19H21NO4S/c1-19(2,3)15(21)11-16-20-18(22)14(25-16)10-12-6-4-7-13-17(12)24-9-5-8-23-13/h4,6-7,10-11H,5,8-9H2,1-3H3,(H,20,22)/b14-10+,16-11+. The number of Topliss-reactive ketones (excluding diaryl/α,β-unsaturated/α-hetero) is 1. The van der Waals surface area contributed by atoms with E-state index in [1.54, 1.807) is 6.08 Å². The second-order valence-electron chi connectivity index (χ2n) is 6.91. The summed E-state index contributed by atoms with van der Waals surface area (Å²) in [6.45, 7) is 6.74. The molecule has 5 nitrogen and oxygen atoms in total. The predicted octanol–water partition coefficient (Wildman–Crippen LogP) is 1.82. The van der Waals surface area contributed by atoms with E-state index >= 15 is 0 Å². The fourth-order valence-electron chi connectivity index (χ4n) is 2.33. The molecule has 1 aromatic carbocycles. The zero-order valence-corrected chi connectivity index (χ0v) is 15.4. The zero-order valence-electron chi connectivity index (χ0n) is 14.5. The predicted molar refractivity (Wildman–Crippen MR) is 98.7 cm³/mol. The van der Waals surface area contributed by atoms with Crippen molar-refractivity contribution in [1.29, 1.82) is 0 Å². The maximum atomic E-state index is 12.2. The quantitative estimate of drug-likeness (QED) is 0.888. The number of carbonyl (C=O) groups is 1. The monoisotopic (exact) mass is 359 g/mol. The zero-order chi connectivity index (χ0) is 18.0. The Morgan fingerprint density at radius 3 is 2.76 bits per heavy atom. The molecule has 3 rings (SSSR count). The third-order valence-electron chi connectivity index (χ3n) is 3.77. The number of nitrogens with one attached hydrogen (secondary N) is 1. The molecule has 0 saturated carbocycles. The number of rotatable bonds is 2. The highest BCUT2D eigenvalue weighted by Crippen LogP contribution is 2.33. The third kappa shape index (κ3) is 4.02. The van der Waals surface area contributed by atoms with E-state index in [0.29, 0.717) is 33.9 Å². The highest BCUT2D eigenvalue weighted by atomic mass is 32.1. The van der Waals surface area contributed by atoms with E-state index in [9.17, 15) is 9.59 Å². The first-order chi connectivity index (χ1) is 11.8. The maximum absolute atomic E-state index is 12.2. The van der Waals surface area contributed by atoms with Gasteiger partial charge in [-0.05, 0) is 12.1 Å². The number of hydrogen-bond donors (Lipinski definition) is 1. The van der Waals surface area contributed by atoms with E-state index in [2.05, 4.69) is 4.98 Å². The molecule has 0 atom stereocenters. The van der Waals surface area contributed by atoms with Crippen molar-refractivity contribution in [2.24, 2.45) is 5.41 Å². The van der Waals surface area contributed by atoms with Crippen LogP contribution in [-0.2, 0) is 4.79 Å². The van der Waals surface area contributed by atoms with Crippen molar-refractivity contribution in [2.45, 2.75) is 27.2 Å². The van der Waals surface area contributed by atoms with Crippen LogP contribution < -0.4 is 24.2 Å². The molecule has 1 aliphatic rings. The van der Waals surface area contributed by atoms with E-state index < -0.39 is 5.41 Å². The molecule has 1 aliphatic heterocycles. The van der Waals surface area contributed by atoms with Crippen molar-refractivity contribution in [3.05, 3.63) is 43.3 Å². The normalized spacial score (nSPS) is 16.0. The van der Waals surface area contributed by atoms with Gasteiger partial charge >= 0.3 is 0 Å². The van der Waals surface area contributed by atoms with E-state index in [1.807, 2.05) is 39.0 Å². The van der Waals surface area contributed by atoms with Crippen LogP contribution in [0.1, 0.15) is 32.8 Å². The Balaban J connectivity index is 2.06. The van der Waals surface area contributed by atoms with Gasteiger partial charge < -0.3 is 14.5 Å². The molecular weight excluding hydrogens is 338 g/mol. The number of aromatic nitrogens is 1. The fraction of sp³-hybridized carbons (Fsp3) is 0.368. The van der Waals surface area contributed by atoms with E-state index in [1.165, 1.54) is 17.4 Å². The smallest absolute Gasteiger partial charge is 0.266 e. The van der Waals surface area contributed by atoms with Gasteiger partial charge in [0.1, 0.15) is 0 Å². The summed E-state index contributed by atoms with van der Waals surface area (Å²) in [5.74, 6) is 1.32. The van der Waals surface area contributed by atoms with Crippen LogP contribution in [0.15, 0.2) is 23.0 Å². The van der Waals surface area contributed by atoms with Gasteiger partial charge in [0.2, 0.25) is 0 Å². The number of ketones is 1. The molecule has 0 fully saturated rings. The number of fused-ring (bicyclic) bond motifs is 1. The Kier molecular flexibility index (Phi) is 4.81. The van der Waals surface area contributed by atoms with Gasteiger partial charge in [-0.3, -0.25) is 9.59 Å². The van der Waals surface area contributed by atoms with E-state index in [0.717, 1.165) is 12.0 Å². The highest BCUT2D eigenvalue weighted by Gasteiger charge is 2.19. The molecule has 0 saturated heterocycles. The molecule has 0 bridgehead atoms. The number of carbonyl (C=O) groups excluding carboxylic acids is 1. The maximum Gasteiger partial charge on any atom is 0.266 e. The summed E-state index contributed by atoms with van der Waals surface area (Å²) >= 11 is 1.26. The van der Waals surface area contributed by atoms with Crippen molar-refractivity contribution in [3.8, 4) is 11.5 Å². The average Bonchev–Trinajstić information content (AvgIpc) is 2.74. The second-order valence-corrected chi connectivity index (χ2v) is 8.00. The van der Waals surface area contributed by atoms with E-state index in [4.69, 9.17) is 9.47 Å². The summed E-state index contributed by atoms with van der Waals surface area (Å²) < 4.78 is 12.5. The summed E-state index contributed by atoms with van der Waals surface area (Å²) in [7, 11) is 0. The Bertz CT molecular complexity index is 963. The number of aromatic amines is 1. The SMILES string of the molecule is CC(C)(C)C(=O)/C=c1\[nH]c(=O)/c(=C\c2cccc3c2OCCCO3)s1. The topological polar surface area (TPSA) is 68.4 Å². The molecule has 132 valence electrons. The molecule has 0 aliphatic carbocycles. The lowest BCUT2D eigenvalue weighted by atomic mass is 9.91. The lowest BCUT2D eigenvalue weighted by molar-refractivity contribution is -0.119. The van der Waals surface area contributed by atoms with Crippen LogP contribution >= 0.6 is 11.3 Å². The first kappa shape index (κ1) is 17.5. The summed E-state index contributed by atoms with van der Waals surface area (Å²) in [6.07, 6.45) is 4.09. The van der Waals surface area contributed by atoms with Gasteiger partial charge in [-0.25, -0.2) is 0 Å². The van der Waals surface area contributed by atoms with Crippen LogP contribution in [0.3, 0.4) is 0 Å². The van der Waals surface area contributed by atoms with E-state index in [-0.39, 0.29) is 11.3 Å². The van der Waals surface area contributed by atoms with Gasteiger partial charge in [-0.2, -0.15) is 0 Å². The summed E-state index contributed by atoms with van der Waals surface area (Å²) in [6, 6.07) is 5.62. The molecule has 0 unspecified atom stereocenters. The van der Waals surface area contributed by atoms with Gasteiger partial charge in [-0.15, -0.1) is 11.3 Å². The Morgan fingerprint density at radius 1 is 1.24 bits per heavy atom. The van der Waals surface area contributed by atoms with Crippen LogP contribution in [-0.4, -0.2) is 24.0 Å². The van der Waals surface area contributed by atoms with Crippen LogP contribution in [0.4, 0.5) is 0 Å². The lowest BCUT2D eigenvalue weighted by Crippen LogP contribution is -2.22. The minimum atomic E-state index is -0.479. The van der Waals surface area contributed by atoms with Crippen molar-refractivity contribution < 1.29 is 14.3 Å². The van der Waals surface area contributed by atoms with Gasteiger partial charge in [0.15, 0.2) is 17.3 Å². The minimum absolute atomic E-state index is 0.0261. The fourth-order valence-corrected chi connectivity index (χ4v) is 3.21. The number of ether oxygens (including phenoxy) is 2. The largest absolute Gasteiger partial charge is 0.490 e. The lowest BCUT2D eigenvalue weighted by Gasteiger charge is -2.12. The molecule has 0 spiro atoms. The Morgan fingerprint density at radius 2 is 2.00 bits per heavy atom. The molecule has 0 amide bonds. The number of benzene rings is 1. The third-order valence-corrected chi connectivity index (χ3v) is 4.73. The minimum Gasteiger partial charge on any atom is -0.490 e. The average molecular weight is 359 g/mol. The van der Waals surface area contributed by atoms with Crippen molar-refractivity contribution in [1.82, 2.24) is 4.98 Å². The molecular formula is C19H21NO4S. The summed E-state index contributed by atoms with van der Waals surface area (Å²) in [5, 5.41) is 0. The molecule has 1 aromatic heterocycles. The van der Waals surface area contributed by atoms with Crippen LogP contribution in [0.25, 0.3) is 12.2 Å². The van der Waals surface area contributed by atoms with Gasteiger partial charge in [0.05, 0.1) is 22.4 Å². The van der Waals surface area contributed by atoms with Crippen molar-refractivity contribution in [2.75, 3.05) is 13.2 Å². The van der Waals surface area contributed by atoms with Gasteiger partial charge in [0, 0.05) is 23.5 Å². The van der Waals surface area contributed by atoms with Crippen LogP contribution in [0.5, 0.6) is 11.5 Å². The second kappa shape index (κ2) is 6.88. The van der Waals surface area contributed by atoms with Crippen LogP contribution in [0.2, 0.25) is 0 Å². The van der Waals surface area contributed by atoms with Crippen LogP contribution in [0, 0.1) is 5.41 Å². The first-order valence-corrected chi connectivity index (χ1v) is 9.02. The number of para-hydroxylation sites is 1. The molecule has 6 heteroatoms. The number of thiazole rings is 1. The molecule has 0 radical (unpaired) electrons. The molecule has 1 N–H and O–H groups in total. The Hall–Kier alpha value is -2.34. The summed E-state index contributed by atoms with van der Waals surface area (Å²) in [4.78, 5) is 27.1. The first-order valence-electron chi connectivity index (χ1n) is 8.20. The van der Waals surface area contributed by atoms with Crippen molar-refractivity contribution in [3.63, 3.8) is 0 Å². The molecule has 2 aromatic rings. The Labute approximate surface area is 149 Å². The van der Waals surface area contributed by atoms with Crippen molar-refractivity contribution >= 4 is 29.3 Å². The highest BCUT2D eigenvalue weighted by molar-refractivity contribution is 7.07. The molecule has 25 heavy (non-hydrogen) atoms. The summed E-state index contributed by atoms with van der Waals surface area (Å²) in [5.41, 5.74) is 0.0951. The van der Waals surface area contributed by atoms with Gasteiger partial charge in [-0.1, -0.05) is 32.9 Å². The van der Waals surface area contributed by atoms with Gasteiger partial charge in [0.25, 0.3) is 5.56 Å². The number of hydrogen-bond acceptors (Lipinski definition) is 5.